The molecule has 1 rings (SSSR count). The van der Waals surface area contributed by atoms with E-state index in [0.717, 1.165) is 18.3 Å². The molecule has 1 aliphatic rings. The van der Waals surface area contributed by atoms with Gasteiger partial charge in [0, 0.05) is 11.1 Å². The maximum atomic E-state index is 6.57. The summed E-state index contributed by atoms with van der Waals surface area (Å²) in [4.78, 5) is 0. The van der Waals surface area contributed by atoms with Crippen LogP contribution in [0.2, 0.25) is 0 Å². The van der Waals surface area contributed by atoms with Gasteiger partial charge in [-0.25, -0.2) is 0 Å². The Hall–Kier alpha value is -0.0800. The van der Waals surface area contributed by atoms with Gasteiger partial charge in [0.25, 0.3) is 0 Å². The summed E-state index contributed by atoms with van der Waals surface area (Å²) in [5, 5.41) is 0. The molecular formula is C19H40N2. The summed E-state index contributed by atoms with van der Waals surface area (Å²) in [6.45, 7) is 18.3. The predicted octanol–water partition coefficient (Wildman–Crippen LogP) is 4.57. The monoisotopic (exact) mass is 296 g/mol. The van der Waals surface area contributed by atoms with E-state index in [1.165, 1.54) is 19.3 Å². The van der Waals surface area contributed by atoms with E-state index in [0.29, 0.717) is 17.3 Å². The number of hydrogen-bond donors (Lipinski definition) is 2. The Morgan fingerprint density at radius 2 is 1.33 bits per heavy atom. The lowest BCUT2D eigenvalue weighted by molar-refractivity contribution is 0.00175. The predicted molar refractivity (Wildman–Crippen MR) is 94.1 cm³/mol. The zero-order valence-corrected chi connectivity index (χ0v) is 15.8. The fourth-order valence-corrected chi connectivity index (χ4v) is 4.70. The van der Waals surface area contributed by atoms with Crippen LogP contribution in [0.15, 0.2) is 0 Å². The quantitative estimate of drug-likeness (QED) is 0.798. The second-order valence-electron chi connectivity index (χ2n) is 9.99. The third-order valence-electron chi connectivity index (χ3n) is 5.63. The molecule has 1 aliphatic carbocycles. The molecule has 1 fully saturated rings. The summed E-state index contributed by atoms with van der Waals surface area (Å²) in [5.74, 6) is 2.82. The van der Waals surface area contributed by atoms with Gasteiger partial charge in [-0.3, -0.25) is 0 Å². The van der Waals surface area contributed by atoms with Crippen LogP contribution in [0.3, 0.4) is 0 Å². The SMILES string of the molecule is CCC1CC(CC(C)(C)N)C(C(C)(C)N)CC1C(C)(C)C. The Labute approximate surface area is 133 Å². The minimum Gasteiger partial charge on any atom is -0.326 e. The van der Waals surface area contributed by atoms with Crippen LogP contribution in [0.1, 0.15) is 81.1 Å². The lowest BCUT2D eigenvalue weighted by Crippen LogP contribution is -2.52. The Morgan fingerprint density at radius 3 is 1.67 bits per heavy atom. The molecule has 0 spiro atoms. The summed E-state index contributed by atoms with van der Waals surface area (Å²) in [6.07, 6.45) is 4.92. The largest absolute Gasteiger partial charge is 0.326 e. The van der Waals surface area contributed by atoms with Gasteiger partial charge in [-0.15, -0.1) is 0 Å². The van der Waals surface area contributed by atoms with Crippen LogP contribution in [0.25, 0.3) is 0 Å². The maximum Gasteiger partial charge on any atom is 0.0128 e. The smallest absolute Gasteiger partial charge is 0.0128 e. The first-order chi connectivity index (χ1) is 9.25. The van der Waals surface area contributed by atoms with Crippen LogP contribution in [0.5, 0.6) is 0 Å². The van der Waals surface area contributed by atoms with E-state index in [-0.39, 0.29) is 11.1 Å². The molecule has 126 valence electrons. The molecule has 4 unspecified atom stereocenters. The average molecular weight is 297 g/mol. The van der Waals surface area contributed by atoms with Gasteiger partial charge in [0.05, 0.1) is 0 Å². The van der Waals surface area contributed by atoms with Crippen molar-refractivity contribution in [3.05, 3.63) is 0 Å². The van der Waals surface area contributed by atoms with Gasteiger partial charge < -0.3 is 11.5 Å². The van der Waals surface area contributed by atoms with Gasteiger partial charge >= 0.3 is 0 Å². The van der Waals surface area contributed by atoms with Crippen LogP contribution < -0.4 is 11.5 Å². The van der Waals surface area contributed by atoms with Crippen LogP contribution >= 0.6 is 0 Å². The molecule has 1 saturated carbocycles. The second-order valence-corrected chi connectivity index (χ2v) is 9.99. The summed E-state index contributed by atoms with van der Waals surface area (Å²) < 4.78 is 0. The topological polar surface area (TPSA) is 52.0 Å². The molecule has 0 amide bonds. The van der Waals surface area contributed by atoms with Gasteiger partial charge in [0.15, 0.2) is 0 Å². The van der Waals surface area contributed by atoms with Crippen molar-refractivity contribution in [3.8, 4) is 0 Å². The normalized spacial score (nSPS) is 32.3. The van der Waals surface area contributed by atoms with Crippen LogP contribution in [-0.2, 0) is 0 Å². The van der Waals surface area contributed by atoms with E-state index in [9.17, 15) is 0 Å². The van der Waals surface area contributed by atoms with Crippen LogP contribution in [0.4, 0.5) is 0 Å². The van der Waals surface area contributed by atoms with Crippen molar-refractivity contribution in [3.63, 3.8) is 0 Å². The van der Waals surface area contributed by atoms with Crippen molar-refractivity contribution in [2.45, 2.75) is 92.2 Å². The van der Waals surface area contributed by atoms with Crippen LogP contribution in [0, 0.1) is 29.1 Å². The Morgan fingerprint density at radius 1 is 0.810 bits per heavy atom. The fourth-order valence-electron chi connectivity index (χ4n) is 4.70. The highest BCUT2D eigenvalue weighted by Crippen LogP contribution is 2.51. The minimum atomic E-state index is -0.113. The van der Waals surface area contributed by atoms with Crippen molar-refractivity contribution in [2.75, 3.05) is 0 Å². The first kappa shape index (κ1) is 19.0. The van der Waals surface area contributed by atoms with E-state index >= 15 is 0 Å². The van der Waals surface area contributed by atoms with E-state index < -0.39 is 0 Å². The van der Waals surface area contributed by atoms with Gasteiger partial charge in [0.2, 0.25) is 0 Å². The summed E-state index contributed by atoms with van der Waals surface area (Å²) in [7, 11) is 0. The van der Waals surface area contributed by atoms with Crippen LogP contribution in [-0.4, -0.2) is 11.1 Å². The molecule has 2 nitrogen and oxygen atoms in total. The first-order valence-corrected chi connectivity index (χ1v) is 8.83. The molecular weight excluding hydrogens is 256 g/mol. The molecule has 21 heavy (non-hydrogen) atoms. The molecule has 0 bridgehead atoms. The molecule has 2 heteroatoms. The molecule has 0 aliphatic heterocycles. The van der Waals surface area contributed by atoms with E-state index in [2.05, 4.69) is 55.4 Å². The first-order valence-electron chi connectivity index (χ1n) is 8.83. The van der Waals surface area contributed by atoms with Crippen molar-refractivity contribution in [2.24, 2.45) is 40.6 Å². The standard InChI is InChI=1S/C19H40N2/c1-9-13-10-14(12-18(5,6)20)16(19(7,8)21)11-15(13)17(2,3)4/h13-16H,9-12,20-21H2,1-8H3. The number of nitrogens with two attached hydrogens (primary N) is 2. The lowest BCUT2D eigenvalue weighted by Gasteiger charge is -2.51. The molecule has 4 N–H and O–H groups in total. The zero-order chi connectivity index (χ0) is 16.6. The molecule has 0 saturated heterocycles. The van der Waals surface area contributed by atoms with Gasteiger partial charge in [0.1, 0.15) is 0 Å². The minimum absolute atomic E-state index is 0.0962. The maximum absolute atomic E-state index is 6.57. The molecule has 0 aromatic heterocycles. The molecule has 0 aromatic rings. The Balaban J connectivity index is 3.04. The van der Waals surface area contributed by atoms with Gasteiger partial charge in [-0.05, 0) is 76.0 Å². The molecule has 0 heterocycles. The molecule has 0 radical (unpaired) electrons. The Kier molecular flexibility index (Phi) is 5.60. The van der Waals surface area contributed by atoms with E-state index in [1.54, 1.807) is 0 Å². The summed E-state index contributed by atoms with van der Waals surface area (Å²) >= 11 is 0. The van der Waals surface area contributed by atoms with Gasteiger partial charge in [-0.2, -0.15) is 0 Å². The molecule has 4 atom stereocenters. The second kappa shape index (κ2) is 6.20. The zero-order valence-electron chi connectivity index (χ0n) is 15.8. The third kappa shape index (κ3) is 5.25. The van der Waals surface area contributed by atoms with E-state index in [4.69, 9.17) is 11.5 Å². The molecule has 0 aromatic carbocycles. The van der Waals surface area contributed by atoms with Gasteiger partial charge in [-0.1, -0.05) is 34.1 Å². The van der Waals surface area contributed by atoms with E-state index in [1.807, 2.05) is 0 Å². The van der Waals surface area contributed by atoms with Crippen molar-refractivity contribution in [1.82, 2.24) is 0 Å². The summed E-state index contributed by atoms with van der Waals surface area (Å²) in [6, 6.07) is 0. The average Bonchev–Trinajstić information content (AvgIpc) is 2.22. The Bertz CT molecular complexity index is 327. The highest BCUT2D eigenvalue weighted by Gasteiger charge is 2.46. The third-order valence-corrected chi connectivity index (χ3v) is 5.63. The highest BCUT2D eigenvalue weighted by molar-refractivity contribution is 4.98. The van der Waals surface area contributed by atoms with Crippen molar-refractivity contribution in [1.29, 1.82) is 0 Å². The number of hydrogen-bond acceptors (Lipinski definition) is 2. The highest BCUT2D eigenvalue weighted by atomic mass is 14.8. The fraction of sp³-hybridized carbons (Fsp3) is 1.00. The number of rotatable bonds is 4. The lowest BCUT2D eigenvalue weighted by atomic mass is 9.55. The van der Waals surface area contributed by atoms with Crippen molar-refractivity contribution < 1.29 is 0 Å². The van der Waals surface area contributed by atoms with Crippen molar-refractivity contribution >= 4 is 0 Å². The summed E-state index contributed by atoms with van der Waals surface area (Å²) in [5.41, 5.74) is 13.1.